The maximum Gasteiger partial charge on any atom is 0.323 e. The first-order valence-corrected chi connectivity index (χ1v) is 12.3. The van der Waals surface area contributed by atoms with Crippen molar-refractivity contribution in [2.45, 2.75) is 64.7 Å². The molecule has 1 aliphatic heterocycles. The van der Waals surface area contributed by atoms with E-state index in [1.807, 2.05) is 51.1 Å². The summed E-state index contributed by atoms with van der Waals surface area (Å²) in [5.74, 6) is -0.600. The minimum Gasteiger partial charge on any atom is -0.350 e. The quantitative estimate of drug-likeness (QED) is 0.628. The molecule has 4 amide bonds. The zero-order valence-electron chi connectivity index (χ0n) is 20.7. The summed E-state index contributed by atoms with van der Waals surface area (Å²) in [7, 11) is 0. The Morgan fingerprint density at radius 3 is 2.06 bits per heavy atom. The highest BCUT2D eigenvalue weighted by Gasteiger charge is 2.43. The zero-order chi connectivity index (χ0) is 25.1. The molecule has 8 heteroatoms. The summed E-state index contributed by atoms with van der Waals surface area (Å²) in [6.45, 7) is 6.43. The third-order valence-electron chi connectivity index (χ3n) is 6.82. The maximum atomic E-state index is 13.5. The second-order valence-corrected chi connectivity index (χ2v) is 9.86. The predicted octanol–water partition coefficient (Wildman–Crippen LogP) is 3.31. The molecule has 1 atom stereocenters. The minimum atomic E-state index is -1.02. The first kappa shape index (κ1) is 24.7. The largest absolute Gasteiger partial charge is 0.350 e. The van der Waals surface area contributed by atoms with Crippen molar-refractivity contribution < 1.29 is 14.4 Å². The van der Waals surface area contributed by atoms with Crippen LogP contribution in [0.4, 0.5) is 10.5 Å². The molecule has 8 nitrogen and oxygen atoms in total. The van der Waals surface area contributed by atoms with E-state index in [-0.39, 0.29) is 37.0 Å². The number of carbonyl (C=O) groups is 3. The van der Waals surface area contributed by atoms with Crippen LogP contribution in [-0.4, -0.2) is 59.0 Å². The van der Waals surface area contributed by atoms with Gasteiger partial charge in [0, 0.05) is 36.4 Å². The summed E-state index contributed by atoms with van der Waals surface area (Å²) in [4.78, 5) is 43.2. The van der Waals surface area contributed by atoms with Gasteiger partial charge in [0.2, 0.25) is 0 Å². The number of amides is 4. The first-order valence-electron chi connectivity index (χ1n) is 12.3. The monoisotopic (exact) mass is 477 g/mol. The average Bonchev–Trinajstić information content (AvgIpc) is 3.25. The number of carbonyl (C=O) groups excluding carboxylic acids is 3. The van der Waals surface area contributed by atoms with Gasteiger partial charge in [-0.05, 0) is 81.8 Å². The van der Waals surface area contributed by atoms with Crippen molar-refractivity contribution in [3.05, 3.63) is 64.7 Å². The number of hydrogen-bond donors (Lipinski definition) is 3. The van der Waals surface area contributed by atoms with Gasteiger partial charge in [-0.2, -0.15) is 0 Å². The number of rotatable bonds is 4. The molecule has 2 aromatic carbocycles. The fourth-order valence-corrected chi connectivity index (χ4v) is 4.98. The van der Waals surface area contributed by atoms with Crippen LogP contribution in [0.25, 0.3) is 0 Å². The smallest absolute Gasteiger partial charge is 0.323 e. The van der Waals surface area contributed by atoms with Gasteiger partial charge < -0.3 is 21.3 Å². The minimum absolute atomic E-state index is 0.0106. The Kier molecular flexibility index (Phi) is 7.40. The third kappa shape index (κ3) is 5.82. The Bertz CT molecular complexity index is 1070. The summed E-state index contributed by atoms with van der Waals surface area (Å²) in [6.07, 6.45) is 2.25. The summed E-state index contributed by atoms with van der Waals surface area (Å²) in [5.41, 5.74) is 10.3. The van der Waals surface area contributed by atoms with E-state index in [9.17, 15) is 14.4 Å². The van der Waals surface area contributed by atoms with Crippen molar-refractivity contribution in [2.75, 3.05) is 18.4 Å². The van der Waals surface area contributed by atoms with Gasteiger partial charge >= 0.3 is 6.03 Å². The average molecular weight is 478 g/mol. The highest BCUT2D eigenvalue weighted by molar-refractivity contribution is 6.00. The molecule has 1 saturated heterocycles. The number of benzene rings is 2. The fraction of sp³-hybridized carbons (Fsp3) is 0.444. The fourth-order valence-electron chi connectivity index (χ4n) is 4.98. The van der Waals surface area contributed by atoms with Crippen LogP contribution in [0, 0.1) is 20.8 Å². The van der Waals surface area contributed by atoms with E-state index in [4.69, 9.17) is 5.73 Å². The van der Waals surface area contributed by atoms with E-state index < -0.39 is 12.2 Å². The van der Waals surface area contributed by atoms with Gasteiger partial charge in [-0.15, -0.1) is 0 Å². The van der Waals surface area contributed by atoms with E-state index in [1.165, 1.54) is 9.80 Å². The number of nitrogens with one attached hydrogen (secondary N) is 2. The van der Waals surface area contributed by atoms with Crippen LogP contribution in [0.2, 0.25) is 0 Å². The summed E-state index contributed by atoms with van der Waals surface area (Å²) in [5, 5.41) is 6.00. The molecule has 0 aromatic heterocycles. The van der Waals surface area contributed by atoms with Crippen LogP contribution in [0.15, 0.2) is 42.5 Å². The number of aryl methyl sites for hydroxylation is 3. The number of anilines is 1. The van der Waals surface area contributed by atoms with E-state index in [1.54, 1.807) is 12.1 Å². The van der Waals surface area contributed by atoms with Gasteiger partial charge in [-0.25, -0.2) is 4.79 Å². The summed E-state index contributed by atoms with van der Waals surface area (Å²) >= 11 is 0. The second-order valence-electron chi connectivity index (χ2n) is 9.86. The van der Waals surface area contributed by atoms with Crippen molar-refractivity contribution in [1.29, 1.82) is 0 Å². The SMILES string of the molecule is Cc1ccc(C(=O)N2CCN(C(=O)Nc3cc(C)cc(C)c3)C2C(=O)NC2CCC(N)CC2)cc1. The molecule has 1 aliphatic carbocycles. The summed E-state index contributed by atoms with van der Waals surface area (Å²) < 4.78 is 0. The van der Waals surface area contributed by atoms with Gasteiger partial charge in [-0.3, -0.25) is 14.5 Å². The zero-order valence-corrected chi connectivity index (χ0v) is 20.7. The van der Waals surface area contributed by atoms with Gasteiger partial charge in [-0.1, -0.05) is 23.8 Å². The van der Waals surface area contributed by atoms with Gasteiger partial charge in [0.15, 0.2) is 6.17 Å². The normalized spacial score (nSPS) is 22.1. The maximum absolute atomic E-state index is 13.5. The van der Waals surface area contributed by atoms with Crippen molar-refractivity contribution in [1.82, 2.24) is 15.1 Å². The number of urea groups is 1. The molecule has 0 bridgehead atoms. The third-order valence-corrected chi connectivity index (χ3v) is 6.82. The molecule has 4 rings (SSSR count). The molecule has 0 spiro atoms. The van der Waals surface area contributed by atoms with Crippen LogP contribution < -0.4 is 16.4 Å². The van der Waals surface area contributed by atoms with Crippen molar-refractivity contribution in [3.63, 3.8) is 0 Å². The van der Waals surface area contributed by atoms with E-state index in [2.05, 4.69) is 10.6 Å². The lowest BCUT2D eigenvalue weighted by Gasteiger charge is -2.32. The number of nitrogens with zero attached hydrogens (tertiary/aromatic N) is 2. The molecule has 1 saturated carbocycles. The molecule has 1 unspecified atom stereocenters. The molecule has 2 aliphatic rings. The summed E-state index contributed by atoms with van der Waals surface area (Å²) in [6, 6.07) is 12.8. The molecule has 2 fully saturated rings. The van der Waals surface area contributed by atoms with Crippen LogP contribution in [0.1, 0.15) is 52.7 Å². The van der Waals surface area contributed by atoms with Crippen molar-refractivity contribution >= 4 is 23.5 Å². The molecule has 0 radical (unpaired) electrons. The highest BCUT2D eigenvalue weighted by Crippen LogP contribution is 2.23. The molecular weight excluding hydrogens is 442 g/mol. The molecule has 2 aromatic rings. The van der Waals surface area contributed by atoms with Crippen LogP contribution in [0.5, 0.6) is 0 Å². The molecule has 4 N–H and O–H groups in total. The Hall–Kier alpha value is -3.39. The number of hydrogen-bond acceptors (Lipinski definition) is 4. The van der Waals surface area contributed by atoms with E-state index in [0.717, 1.165) is 42.4 Å². The molecule has 186 valence electrons. The Morgan fingerprint density at radius 2 is 1.43 bits per heavy atom. The van der Waals surface area contributed by atoms with Crippen molar-refractivity contribution in [2.24, 2.45) is 5.73 Å². The Balaban J connectivity index is 1.56. The second kappa shape index (κ2) is 10.5. The standard InChI is InChI=1S/C27H35N5O3/c1-17-4-6-20(7-5-17)26(34)31-12-13-32(27(35)30-23-15-18(2)14-19(3)16-23)25(31)24(33)29-22-10-8-21(28)9-11-22/h4-7,14-16,21-22,25H,8-13,28H2,1-3H3,(H,29,33)(H,30,35). The van der Waals surface area contributed by atoms with E-state index >= 15 is 0 Å². The van der Waals surface area contributed by atoms with Crippen LogP contribution in [0.3, 0.4) is 0 Å². The molecule has 35 heavy (non-hydrogen) atoms. The van der Waals surface area contributed by atoms with Gasteiger partial charge in [0.1, 0.15) is 0 Å². The first-order chi connectivity index (χ1) is 16.7. The number of nitrogens with two attached hydrogens (primary N) is 1. The lowest BCUT2D eigenvalue weighted by Crippen LogP contribution is -2.56. The highest BCUT2D eigenvalue weighted by atomic mass is 16.2. The van der Waals surface area contributed by atoms with Gasteiger partial charge in [0.25, 0.3) is 11.8 Å². The Morgan fingerprint density at radius 1 is 0.829 bits per heavy atom. The lowest BCUT2D eigenvalue weighted by atomic mass is 9.92. The molecule has 1 heterocycles. The van der Waals surface area contributed by atoms with Crippen LogP contribution in [-0.2, 0) is 4.79 Å². The lowest BCUT2D eigenvalue weighted by molar-refractivity contribution is -0.128. The molecular formula is C27H35N5O3. The van der Waals surface area contributed by atoms with Crippen molar-refractivity contribution in [3.8, 4) is 0 Å². The van der Waals surface area contributed by atoms with E-state index in [0.29, 0.717) is 11.3 Å². The predicted molar refractivity (Wildman–Crippen MR) is 136 cm³/mol. The Labute approximate surface area is 206 Å². The topological polar surface area (TPSA) is 108 Å². The van der Waals surface area contributed by atoms with Crippen LogP contribution >= 0.6 is 0 Å². The van der Waals surface area contributed by atoms with Gasteiger partial charge in [0.05, 0.1) is 0 Å².